The Labute approximate surface area is 60.5 Å². The summed E-state index contributed by atoms with van der Waals surface area (Å²) in [7, 11) is 0. The van der Waals surface area contributed by atoms with Crippen LogP contribution in [-0.4, -0.2) is 18.0 Å². The second-order valence-corrected chi connectivity index (χ2v) is 3.09. The van der Waals surface area contributed by atoms with Crippen molar-refractivity contribution in [3.63, 3.8) is 0 Å². The average molecular weight is 140 g/mol. The third-order valence-corrected chi connectivity index (χ3v) is 2.47. The Hall–Kier alpha value is -0.340. The fourth-order valence-corrected chi connectivity index (χ4v) is 1.78. The third-order valence-electron chi connectivity index (χ3n) is 2.47. The molecule has 0 radical (unpaired) electrons. The van der Waals surface area contributed by atoms with E-state index in [1.807, 2.05) is 0 Å². The van der Waals surface area contributed by atoms with Gasteiger partial charge in [0, 0.05) is 5.92 Å². The first-order valence-electron chi connectivity index (χ1n) is 3.82. The number of fused-ring (bicyclic) bond motifs is 1. The molecular formula is C8H12O2. The molecule has 1 N–H and O–H groups in total. The third kappa shape index (κ3) is 0.879. The SMILES string of the molecule is O[C@H]1OC[C@@H]2CC=CC[C@@H]21. The molecule has 0 aromatic rings. The van der Waals surface area contributed by atoms with E-state index in [4.69, 9.17) is 4.74 Å². The lowest BCUT2D eigenvalue weighted by Crippen LogP contribution is -2.20. The van der Waals surface area contributed by atoms with Gasteiger partial charge in [0.25, 0.3) is 0 Å². The van der Waals surface area contributed by atoms with Crippen LogP contribution in [0.25, 0.3) is 0 Å². The number of hydrogen-bond donors (Lipinski definition) is 1. The second kappa shape index (κ2) is 2.36. The molecule has 0 spiro atoms. The number of aliphatic hydroxyl groups excluding tert-OH is 1. The van der Waals surface area contributed by atoms with Gasteiger partial charge in [0.2, 0.25) is 0 Å². The molecule has 0 unspecified atom stereocenters. The smallest absolute Gasteiger partial charge is 0.158 e. The summed E-state index contributed by atoms with van der Waals surface area (Å²) in [6.45, 7) is 0.746. The maximum atomic E-state index is 9.27. The van der Waals surface area contributed by atoms with Crippen LogP contribution in [0.4, 0.5) is 0 Å². The van der Waals surface area contributed by atoms with E-state index >= 15 is 0 Å². The van der Waals surface area contributed by atoms with Crippen LogP contribution in [-0.2, 0) is 4.74 Å². The molecule has 1 fully saturated rings. The molecule has 2 rings (SSSR count). The Kier molecular flexibility index (Phi) is 1.51. The van der Waals surface area contributed by atoms with Crippen LogP contribution in [0.3, 0.4) is 0 Å². The van der Waals surface area contributed by atoms with Crippen molar-refractivity contribution in [2.24, 2.45) is 11.8 Å². The molecule has 0 aromatic heterocycles. The zero-order valence-electron chi connectivity index (χ0n) is 5.86. The molecule has 10 heavy (non-hydrogen) atoms. The van der Waals surface area contributed by atoms with Crippen molar-refractivity contribution in [3.05, 3.63) is 12.2 Å². The topological polar surface area (TPSA) is 29.5 Å². The van der Waals surface area contributed by atoms with Crippen molar-refractivity contribution in [2.75, 3.05) is 6.61 Å². The van der Waals surface area contributed by atoms with Gasteiger partial charge in [-0.05, 0) is 18.8 Å². The quantitative estimate of drug-likeness (QED) is 0.507. The van der Waals surface area contributed by atoms with E-state index in [1.54, 1.807) is 0 Å². The van der Waals surface area contributed by atoms with Crippen LogP contribution in [0.1, 0.15) is 12.8 Å². The lowest BCUT2D eigenvalue weighted by atomic mass is 9.85. The van der Waals surface area contributed by atoms with Gasteiger partial charge in [-0.25, -0.2) is 0 Å². The van der Waals surface area contributed by atoms with Gasteiger partial charge >= 0.3 is 0 Å². The Morgan fingerprint density at radius 3 is 2.90 bits per heavy atom. The standard InChI is InChI=1S/C8H12O2/c9-8-7-4-2-1-3-6(7)5-10-8/h1-2,6-9H,3-5H2/t6-,7-,8-/m0/s1. The van der Waals surface area contributed by atoms with Crippen LogP contribution < -0.4 is 0 Å². The van der Waals surface area contributed by atoms with E-state index in [0.717, 1.165) is 19.4 Å². The molecule has 0 saturated carbocycles. The normalized spacial score (nSPS) is 45.5. The molecule has 1 aliphatic carbocycles. The monoisotopic (exact) mass is 140 g/mol. The van der Waals surface area contributed by atoms with Crippen molar-refractivity contribution in [1.29, 1.82) is 0 Å². The number of aliphatic hydroxyl groups is 1. The Bertz CT molecular complexity index is 153. The molecule has 0 aromatic carbocycles. The van der Waals surface area contributed by atoms with E-state index < -0.39 is 6.29 Å². The summed E-state index contributed by atoms with van der Waals surface area (Å²) in [6, 6.07) is 0. The molecule has 1 aliphatic heterocycles. The van der Waals surface area contributed by atoms with E-state index in [-0.39, 0.29) is 0 Å². The summed E-state index contributed by atoms with van der Waals surface area (Å²) in [4.78, 5) is 0. The first-order chi connectivity index (χ1) is 4.88. The largest absolute Gasteiger partial charge is 0.368 e. The van der Waals surface area contributed by atoms with Gasteiger partial charge < -0.3 is 9.84 Å². The van der Waals surface area contributed by atoms with Crippen LogP contribution in [0, 0.1) is 11.8 Å². The molecule has 0 bridgehead atoms. The minimum absolute atomic E-state index is 0.380. The molecule has 3 atom stereocenters. The molecule has 2 nitrogen and oxygen atoms in total. The average Bonchev–Trinajstić information content (AvgIpc) is 2.34. The zero-order chi connectivity index (χ0) is 6.97. The van der Waals surface area contributed by atoms with Crippen LogP contribution >= 0.6 is 0 Å². The highest BCUT2D eigenvalue weighted by atomic mass is 16.6. The predicted molar refractivity (Wildman–Crippen MR) is 37.3 cm³/mol. The molecular weight excluding hydrogens is 128 g/mol. The lowest BCUT2D eigenvalue weighted by Gasteiger charge is -2.19. The fraction of sp³-hybridized carbons (Fsp3) is 0.750. The highest BCUT2D eigenvalue weighted by Crippen LogP contribution is 2.34. The number of allylic oxidation sites excluding steroid dienone is 2. The summed E-state index contributed by atoms with van der Waals surface area (Å²) in [5.74, 6) is 0.963. The summed E-state index contributed by atoms with van der Waals surface area (Å²) in [6.07, 6.45) is 5.91. The van der Waals surface area contributed by atoms with Gasteiger partial charge in [-0.2, -0.15) is 0 Å². The predicted octanol–water partition coefficient (Wildman–Crippen LogP) is 0.917. The van der Waals surface area contributed by atoms with E-state index in [1.165, 1.54) is 0 Å². The van der Waals surface area contributed by atoms with Crippen LogP contribution in [0.15, 0.2) is 12.2 Å². The first-order valence-corrected chi connectivity index (χ1v) is 3.82. The van der Waals surface area contributed by atoms with Crippen molar-refractivity contribution >= 4 is 0 Å². The van der Waals surface area contributed by atoms with Gasteiger partial charge in [0.15, 0.2) is 6.29 Å². The van der Waals surface area contributed by atoms with Gasteiger partial charge in [-0.1, -0.05) is 12.2 Å². The lowest BCUT2D eigenvalue weighted by molar-refractivity contribution is -0.0816. The summed E-state index contributed by atoms with van der Waals surface area (Å²) in [5, 5.41) is 9.27. The maximum absolute atomic E-state index is 9.27. The van der Waals surface area contributed by atoms with Crippen molar-refractivity contribution in [3.8, 4) is 0 Å². The molecule has 2 heteroatoms. The highest BCUT2D eigenvalue weighted by Gasteiger charge is 2.35. The van der Waals surface area contributed by atoms with Crippen LogP contribution in [0.2, 0.25) is 0 Å². The Balaban J connectivity index is 2.10. The second-order valence-electron chi connectivity index (χ2n) is 3.09. The van der Waals surface area contributed by atoms with Gasteiger partial charge in [-0.3, -0.25) is 0 Å². The molecule has 1 heterocycles. The number of hydrogen-bond acceptors (Lipinski definition) is 2. The summed E-state index contributed by atoms with van der Waals surface area (Å²) >= 11 is 0. The molecule has 2 aliphatic rings. The summed E-state index contributed by atoms with van der Waals surface area (Å²) in [5.41, 5.74) is 0. The van der Waals surface area contributed by atoms with E-state index in [2.05, 4.69) is 12.2 Å². The fourth-order valence-electron chi connectivity index (χ4n) is 1.78. The van der Waals surface area contributed by atoms with Crippen LogP contribution in [0.5, 0.6) is 0 Å². The van der Waals surface area contributed by atoms with Crippen molar-refractivity contribution < 1.29 is 9.84 Å². The number of rotatable bonds is 0. The van der Waals surface area contributed by atoms with E-state index in [9.17, 15) is 5.11 Å². The maximum Gasteiger partial charge on any atom is 0.158 e. The Morgan fingerprint density at radius 2 is 2.10 bits per heavy atom. The number of ether oxygens (including phenoxy) is 1. The summed E-state index contributed by atoms with van der Waals surface area (Å²) < 4.78 is 5.12. The molecule has 56 valence electrons. The van der Waals surface area contributed by atoms with Crippen molar-refractivity contribution in [1.82, 2.24) is 0 Å². The van der Waals surface area contributed by atoms with E-state index in [0.29, 0.717) is 11.8 Å². The van der Waals surface area contributed by atoms with Gasteiger partial charge in [-0.15, -0.1) is 0 Å². The molecule has 0 amide bonds. The highest BCUT2D eigenvalue weighted by molar-refractivity contribution is 4.97. The Morgan fingerprint density at radius 1 is 1.30 bits per heavy atom. The molecule has 1 saturated heterocycles. The minimum Gasteiger partial charge on any atom is -0.368 e. The minimum atomic E-state index is -0.491. The van der Waals surface area contributed by atoms with Gasteiger partial charge in [0.05, 0.1) is 6.61 Å². The first kappa shape index (κ1) is 6.38. The van der Waals surface area contributed by atoms with Crippen molar-refractivity contribution in [2.45, 2.75) is 19.1 Å². The van der Waals surface area contributed by atoms with Gasteiger partial charge in [0.1, 0.15) is 0 Å². The zero-order valence-corrected chi connectivity index (χ0v) is 5.86.